The van der Waals surface area contributed by atoms with Gasteiger partial charge in [0.1, 0.15) is 17.8 Å². The first kappa shape index (κ1) is 29.7. The Morgan fingerprint density at radius 1 is 1.15 bits per heavy atom. The van der Waals surface area contributed by atoms with Crippen molar-refractivity contribution in [1.29, 1.82) is 0 Å². The molecule has 0 saturated carbocycles. The van der Waals surface area contributed by atoms with E-state index in [0.717, 1.165) is 23.1 Å². The van der Waals surface area contributed by atoms with Crippen molar-refractivity contribution in [2.45, 2.75) is 32.4 Å². The SMILES string of the molecule is Cc1ccc2c(n1)C(C)(C)CN2c1ncnc(Nc2cc([N+](=O)[O-])c(N(C)CCN(C)C)cc2OCC(F)(F)F)n1. The zero-order valence-corrected chi connectivity index (χ0v) is 23.7. The molecule has 0 radical (unpaired) electrons. The van der Waals surface area contributed by atoms with Crippen molar-refractivity contribution in [3.05, 3.63) is 52.1 Å². The lowest BCUT2D eigenvalue weighted by molar-refractivity contribution is -0.384. The first-order valence-corrected chi connectivity index (χ1v) is 12.7. The van der Waals surface area contributed by atoms with Gasteiger partial charge in [0.15, 0.2) is 6.61 Å². The van der Waals surface area contributed by atoms with E-state index in [-0.39, 0.29) is 40.1 Å². The van der Waals surface area contributed by atoms with Gasteiger partial charge in [0.05, 0.1) is 22.0 Å². The molecule has 1 aliphatic rings. The number of likely N-dealkylation sites (N-methyl/N-ethyl adjacent to an activating group) is 2. The Balaban J connectivity index is 1.71. The topological polar surface area (TPSA) is 126 Å². The molecule has 15 heteroatoms. The molecule has 3 heterocycles. The van der Waals surface area contributed by atoms with E-state index in [2.05, 4.69) is 39.1 Å². The van der Waals surface area contributed by atoms with E-state index in [9.17, 15) is 23.3 Å². The second-order valence-electron chi connectivity index (χ2n) is 10.7. The summed E-state index contributed by atoms with van der Waals surface area (Å²) in [6.07, 6.45) is -3.37. The number of pyridine rings is 1. The molecular weight excluding hydrogens is 543 g/mol. The molecule has 1 aliphatic heterocycles. The number of nitrogens with one attached hydrogen (secondary N) is 1. The second kappa shape index (κ2) is 11.3. The molecule has 0 spiro atoms. The van der Waals surface area contributed by atoms with Crippen LogP contribution in [0.1, 0.15) is 25.2 Å². The van der Waals surface area contributed by atoms with E-state index < -0.39 is 17.7 Å². The number of nitro groups is 1. The predicted octanol–water partition coefficient (Wildman–Crippen LogP) is 4.60. The number of aryl methyl sites for hydroxylation is 1. The quantitative estimate of drug-likeness (QED) is 0.269. The average molecular weight is 576 g/mol. The fraction of sp³-hybridized carbons (Fsp3) is 0.462. The third kappa shape index (κ3) is 6.90. The van der Waals surface area contributed by atoms with Crippen molar-refractivity contribution in [2.75, 3.05) is 62.5 Å². The maximum atomic E-state index is 13.1. The van der Waals surface area contributed by atoms with Gasteiger partial charge in [-0.2, -0.15) is 18.2 Å². The van der Waals surface area contributed by atoms with Crippen LogP contribution < -0.4 is 19.9 Å². The van der Waals surface area contributed by atoms with Gasteiger partial charge in [-0.15, -0.1) is 0 Å². The Hall–Kier alpha value is -4.27. The summed E-state index contributed by atoms with van der Waals surface area (Å²) < 4.78 is 44.4. The molecule has 1 aromatic carbocycles. The summed E-state index contributed by atoms with van der Waals surface area (Å²) in [5.41, 5.74) is 1.99. The van der Waals surface area contributed by atoms with E-state index in [1.54, 1.807) is 11.9 Å². The summed E-state index contributed by atoms with van der Waals surface area (Å²) in [5, 5.41) is 14.8. The van der Waals surface area contributed by atoms with Crippen LogP contribution >= 0.6 is 0 Å². The summed E-state index contributed by atoms with van der Waals surface area (Å²) >= 11 is 0. The minimum atomic E-state index is -4.63. The van der Waals surface area contributed by atoms with Gasteiger partial charge < -0.3 is 24.8 Å². The van der Waals surface area contributed by atoms with Gasteiger partial charge in [-0.1, -0.05) is 13.8 Å². The second-order valence-corrected chi connectivity index (χ2v) is 10.7. The molecule has 0 bridgehead atoms. The highest BCUT2D eigenvalue weighted by Gasteiger charge is 2.38. The molecule has 12 nitrogen and oxygen atoms in total. The Bertz CT molecular complexity index is 1430. The average Bonchev–Trinajstić information content (AvgIpc) is 3.15. The number of fused-ring (bicyclic) bond motifs is 1. The lowest BCUT2D eigenvalue weighted by Crippen LogP contribution is -2.29. The van der Waals surface area contributed by atoms with Crippen molar-refractivity contribution >= 4 is 34.6 Å². The van der Waals surface area contributed by atoms with Gasteiger partial charge in [-0.25, -0.2) is 9.97 Å². The highest BCUT2D eigenvalue weighted by molar-refractivity contribution is 5.77. The fourth-order valence-electron chi connectivity index (χ4n) is 4.45. The molecule has 0 fully saturated rings. The van der Waals surface area contributed by atoms with E-state index in [1.165, 1.54) is 12.4 Å². The van der Waals surface area contributed by atoms with Gasteiger partial charge in [0, 0.05) is 49.9 Å². The van der Waals surface area contributed by atoms with E-state index in [0.29, 0.717) is 19.6 Å². The third-order valence-electron chi connectivity index (χ3n) is 6.50. The molecule has 1 N–H and O–H groups in total. The number of anilines is 5. The number of hydrogen-bond donors (Lipinski definition) is 1. The van der Waals surface area contributed by atoms with Crippen LogP contribution in [-0.4, -0.2) is 83.3 Å². The summed E-state index contributed by atoms with van der Waals surface area (Å²) in [7, 11) is 5.31. The van der Waals surface area contributed by atoms with Crippen LogP contribution in [0.25, 0.3) is 0 Å². The Morgan fingerprint density at radius 3 is 2.54 bits per heavy atom. The van der Waals surface area contributed by atoms with E-state index in [4.69, 9.17) is 4.74 Å². The normalized spacial score (nSPS) is 14.2. The van der Waals surface area contributed by atoms with Crippen molar-refractivity contribution in [3.8, 4) is 5.75 Å². The van der Waals surface area contributed by atoms with Crippen LogP contribution in [0.3, 0.4) is 0 Å². The maximum Gasteiger partial charge on any atom is 0.422 e. The highest BCUT2D eigenvalue weighted by atomic mass is 19.4. The van der Waals surface area contributed by atoms with E-state index in [1.807, 2.05) is 43.0 Å². The zero-order valence-electron chi connectivity index (χ0n) is 23.7. The van der Waals surface area contributed by atoms with Crippen LogP contribution in [0.5, 0.6) is 5.75 Å². The molecule has 3 aromatic rings. The first-order valence-electron chi connectivity index (χ1n) is 12.7. The van der Waals surface area contributed by atoms with Gasteiger partial charge in [-0.3, -0.25) is 15.1 Å². The molecular formula is C26H32F3N9O3. The fourth-order valence-corrected chi connectivity index (χ4v) is 4.45. The molecule has 0 amide bonds. The third-order valence-corrected chi connectivity index (χ3v) is 6.50. The van der Waals surface area contributed by atoms with Crippen LogP contribution in [0.15, 0.2) is 30.6 Å². The number of nitrogens with zero attached hydrogens (tertiary/aromatic N) is 8. The van der Waals surface area contributed by atoms with Crippen molar-refractivity contribution in [3.63, 3.8) is 0 Å². The van der Waals surface area contributed by atoms with Crippen LogP contribution in [0.4, 0.5) is 47.8 Å². The number of rotatable bonds is 10. The number of hydrogen-bond acceptors (Lipinski definition) is 11. The molecule has 41 heavy (non-hydrogen) atoms. The van der Waals surface area contributed by atoms with Crippen molar-refractivity contribution in [2.24, 2.45) is 0 Å². The largest absolute Gasteiger partial charge is 0.482 e. The van der Waals surface area contributed by atoms with Crippen molar-refractivity contribution < 1.29 is 22.8 Å². The summed E-state index contributed by atoms with van der Waals surface area (Å²) in [6, 6.07) is 6.16. The minimum Gasteiger partial charge on any atom is -0.482 e. The predicted molar refractivity (Wildman–Crippen MR) is 149 cm³/mol. The van der Waals surface area contributed by atoms with Gasteiger partial charge in [-0.05, 0) is 33.2 Å². The highest BCUT2D eigenvalue weighted by Crippen LogP contribution is 2.43. The zero-order chi connectivity index (χ0) is 30.1. The maximum absolute atomic E-state index is 13.1. The van der Waals surface area contributed by atoms with Crippen molar-refractivity contribution in [1.82, 2.24) is 24.8 Å². The molecule has 0 aliphatic carbocycles. The number of benzene rings is 1. The Labute approximate surface area is 235 Å². The molecule has 0 unspecified atom stereocenters. The number of aromatic nitrogens is 4. The minimum absolute atomic E-state index is 0.0267. The smallest absolute Gasteiger partial charge is 0.422 e. The number of halogens is 3. The van der Waals surface area contributed by atoms with Crippen LogP contribution in [-0.2, 0) is 5.41 Å². The van der Waals surface area contributed by atoms with Gasteiger partial charge in [0.2, 0.25) is 11.9 Å². The number of alkyl halides is 3. The molecule has 220 valence electrons. The summed E-state index contributed by atoms with van der Waals surface area (Å²) in [6.45, 7) is 5.91. The van der Waals surface area contributed by atoms with E-state index >= 15 is 0 Å². The monoisotopic (exact) mass is 575 g/mol. The van der Waals surface area contributed by atoms with Crippen LogP contribution in [0.2, 0.25) is 0 Å². The Kier molecular flexibility index (Phi) is 8.19. The van der Waals surface area contributed by atoms with Gasteiger partial charge in [0.25, 0.3) is 5.69 Å². The lowest BCUT2D eigenvalue weighted by atomic mass is 9.91. The number of ether oxygens (including phenoxy) is 1. The van der Waals surface area contributed by atoms with Gasteiger partial charge >= 0.3 is 6.18 Å². The molecule has 0 saturated heterocycles. The molecule has 0 atom stereocenters. The Morgan fingerprint density at radius 2 is 1.88 bits per heavy atom. The summed E-state index contributed by atoms with van der Waals surface area (Å²) in [5.74, 6) is 0.0161. The lowest BCUT2D eigenvalue weighted by Gasteiger charge is -2.23. The molecule has 4 rings (SSSR count). The summed E-state index contributed by atoms with van der Waals surface area (Å²) in [4.78, 5) is 34.3. The number of nitro benzene ring substituents is 1. The molecule has 2 aromatic heterocycles. The standard InChI is InChI=1S/C26H32F3N9O3/c1-16-7-8-18-22(32-16)25(2,3)13-37(18)24-31-15-30-23(34-24)33-17-11-20(38(39)40)19(36(6)10-9-35(4)5)12-21(17)41-14-26(27,28)29/h7-8,11-12,15H,9-10,13-14H2,1-6H3,(H,30,31,33,34). The van der Waals surface area contributed by atoms with Crippen LogP contribution in [0, 0.1) is 17.0 Å². The first-order chi connectivity index (χ1) is 19.1.